The lowest BCUT2D eigenvalue weighted by molar-refractivity contribution is -0.218. The van der Waals surface area contributed by atoms with Gasteiger partial charge in [-0.2, -0.15) is 0 Å². The number of carbonyl (C=O) groups is 2. The van der Waals surface area contributed by atoms with E-state index in [1.165, 1.54) is 19.1 Å². The zero-order valence-electron chi connectivity index (χ0n) is 11.6. The quantitative estimate of drug-likeness (QED) is 0.697. The molecule has 0 unspecified atom stereocenters. The molecule has 1 amide bonds. The Hall–Kier alpha value is -1.14. The highest BCUT2D eigenvalue weighted by molar-refractivity contribution is 5.91. The highest BCUT2D eigenvalue weighted by Gasteiger charge is 2.44. The molecule has 1 rings (SSSR count). The maximum atomic E-state index is 12.0. The molecule has 1 fully saturated rings. The smallest absolute Gasteiger partial charge is 0.410 e. The fourth-order valence-corrected chi connectivity index (χ4v) is 1.79. The molecule has 1 aliphatic rings. The Morgan fingerprint density at radius 1 is 1.28 bits per heavy atom. The first kappa shape index (κ1) is 14.9. The van der Waals surface area contributed by atoms with Gasteiger partial charge in [0, 0.05) is 27.2 Å². The number of rotatable bonds is 2. The summed E-state index contributed by atoms with van der Waals surface area (Å²) in [6.07, 6.45) is -0.186. The number of hydrogen-bond donors (Lipinski definition) is 0. The predicted octanol–water partition coefficient (Wildman–Crippen LogP) is 1.19. The average molecular weight is 259 g/mol. The van der Waals surface area contributed by atoms with Gasteiger partial charge >= 0.3 is 6.09 Å². The monoisotopic (exact) mass is 259 g/mol. The predicted molar refractivity (Wildman–Crippen MR) is 64.2 cm³/mol. The molecule has 0 atom stereocenters. The summed E-state index contributed by atoms with van der Waals surface area (Å²) in [4.78, 5) is 25.1. The number of ketones is 1. The third-order valence-corrected chi connectivity index (χ3v) is 2.78. The van der Waals surface area contributed by atoms with Crippen molar-refractivity contribution in [2.24, 2.45) is 0 Å². The van der Waals surface area contributed by atoms with Crippen molar-refractivity contribution in [3.05, 3.63) is 0 Å². The first-order valence-electron chi connectivity index (χ1n) is 5.85. The Morgan fingerprint density at radius 2 is 1.83 bits per heavy atom. The van der Waals surface area contributed by atoms with Gasteiger partial charge in [0.2, 0.25) is 11.6 Å². The summed E-state index contributed by atoms with van der Waals surface area (Å²) in [5, 5.41) is 0. The van der Waals surface area contributed by atoms with E-state index in [9.17, 15) is 9.59 Å². The SMILES string of the molecule is COC1(OC)CCN(C(=O)OC(C)(C)C)CC1=O. The molecule has 6 heteroatoms. The summed E-state index contributed by atoms with van der Waals surface area (Å²) < 4.78 is 15.5. The van der Waals surface area contributed by atoms with E-state index in [1.54, 1.807) is 20.8 Å². The van der Waals surface area contributed by atoms with Crippen LogP contribution < -0.4 is 0 Å². The van der Waals surface area contributed by atoms with E-state index in [4.69, 9.17) is 14.2 Å². The maximum Gasteiger partial charge on any atom is 0.410 e. The normalized spacial score (nSPS) is 19.8. The van der Waals surface area contributed by atoms with E-state index in [-0.39, 0.29) is 12.3 Å². The van der Waals surface area contributed by atoms with Crippen LogP contribution in [-0.2, 0) is 19.0 Å². The van der Waals surface area contributed by atoms with Crippen LogP contribution >= 0.6 is 0 Å². The zero-order chi connectivity index (χ0) is 14.0. The minimum atomic E-state index is -1.22. The van der Waals surface area contributed by atoms with Gasteiger partial charge < -0.3 is 19.1 Å². The number of Topliss-reactive ketones (excluding diaryl/α,β-unsaturated/α-hetero) is 1. The number of ether oxygens (including phenoxy) is 3. The molecule has 1 saturated heterocycles. The van der Waals surface area contributed by atoms with Crippen LogP contribution in [-0.4, -0.2) is 55.5 Å². The lowest BCUT2D eigenvalue weighted by Gasteiger charge is -2.38. The molecular weight excluding hydrogens is 238 g/mol. The van der Waals surface area contributed by atoms with Crippen molar-refractivity contribution in [3.63, 3.8) is 0 Å². The molecule has 0 saturated carbocycles. The van der Waals surface area contributed by atoms with Crippen molar-refractivity contribution in [2.75, 3.05) is 27.3 Å². The Labute approximate surface area is 107 Å². The van der Waals surface area contributed by atoms with Crippen LogP contribution in [0.2, 0.25) is 0 Å². The summed E-state index contributed by atoms with van der Waals surface area (Å²) in [5.74, 6) is -1.50. The summed E-state index contributed by atoms with van der Waals surface area (Å²) in [7, 11) is 2.84. The Bertz CT molecular complexity index is 330. The molecule has 0 radical (unpaired) electrons. The Balaban J connectivity index is 2.66. The van der Waals surface area contributed by atoms with E-state index in [0.717, 1.165) is 0 Å². The molecule has 0 N–H and O–H groups in total. The number of piperidine rings is 1. The zero-order valence-corrected chi connectivity index (χ0v) is 11.6. The van der Waals surface area contributed by atoms with Crippen molar-refractivity contribution < 1.29 is 23.8 Å². The van der Waals surface area contributed by atoms with Crippen LogP contribution in [0.3, 0.4) is 0 Å². The third-order valence-electron chi connectivity index (χ3n) is 2.78. The Morgan fingerprint density at radius 3 is 2.22 bits per heavy atom. The second-order valence-corrected chi connectivity index (χ2v) is 5.24. The van der Waals surface area contributed by atoms with Gasteiger partial charge in [0.25, 0.3) is 0 Å². The second-order valence-electron chi connectivity index (χ2n) is 5.24. The van der Waals surface area contributed by atoms with Gasteiger partial charge in [0.15, 0.2) is 0 Å². The maximum absolute atomic E-state index is 12.0. The molecule has 18 heavy (non-hydrogen) atoms. The molecule has 0 aromatic carbocycles. The van der Waals surface area contributed by atoms with Gasteiger partial charge in [-0.1, -0.05) is 0 Å². The summed E-state index contributed by atoms with van der Waals surface area (Å²) in [6, 6.07) is 0. The van der Waals surface area contributed by atoms with Gasteiger partial charge in [0.1, 0.15) is 5.60 Å². The lowest BCUT2D eigenvalue weighted by Crippen LogP contribution is -2.56. The number of nitrogens with zero attached hydrogens (tertiary/aromatic N) is 1. The molecule has 0 bridgehead atoms. The van der Waals surface area contributed by atoms with Crippen molar-refractivity contribution in [1.29, 1.82) is 0 Å². The molecule has 0 aromatic rings. The minimum Gasteiger partial charge on any atom is -0.444 e. The van der Waals surface area contributed by atoms with Gasteiger partial charge in [-0.25, -0.2) is 4.79 Å². The fraction of sp³-hybridized carbons (Fsp3) is 0.833. The van der Waals surface area contributed by atoms with Gasteiger partial charge in [-0.15, -0.1) is 0 Å². The molecule has 1 aliphatic heterocycles. The van der Waals surface area contributed by atoms with Crippen molar-refractivity contribution in [3.8, 4) is 0 Å². The van der Waals surface area contributed by atoms with Gasteiger partial charge in [-0.3, -0.25) is 4.79 Å². The fourth-order valence-electron chi connectivity index (χ4n) is 1.79. The number of hydrogen-bond acceptors (Lipinski definition) is 5. The van der Waals surface area contributed by atoms with Crippen molar-refractivity contribution in [1.82, 2.24) is 4.90 Å². The van der Waals surface area contributed by atoms with E-state index in [0.29, 0.717) is 13.0 Å². The van der Waals surface area contributed by atoms with Crippen LogP contribution in [0.15, 0.2) is 0 Å². The number of carbonyl (C=O) groups excluding carboxylic acids is 2. The highest BCUT2D eigenvalue weighted by atomic mass is 16.7. The molecule has 6 nitrogen and oxygen atoms in total. The van der Waals surface area contributed by atoms with Crippen LogP contribution in [0.5, 0.6) is 0 Å². The summed E-state index contributed by atoms with van der Waals surface area (Å²) >= 11 is 0. The lowest BCUT2D eigenvalue weighted by atomic mass is 10.0. The van der Waals surface area contributed by atoms with Gasteiger partial charge in [-0.05, 0) is 20.8 Å². The topological polar surface area (TPSA) is 65.1 Å². The van der Waals surface area contributed by atoms with E-state index < -0.39 is 17.5 Å². The van der Waals surface area contributed by atoms with E-state index in [2.05, 4.69) is 0 Å². The van der Waals surface area contributed by atoms with Gasteiger partial charge in [0.05, 0.1) is 6.54 Å². The van der Waals surface area contributed by atoms with Crippen LogP contribution in [0, 0.1) is 0 Å². The summed E-state index contributed by atoms with van der Waals surface area (Å²) in [6.45, 7) is 5.65. The van der Waals surface area contributed by atoms with Crippen LogP contribution in [0.25, 0.3) is 0 Å². The summed E-state index contributed by atoms with van der Waals surface area (Å²) in [5.41, 5.74) is -0.572. The molecule has 1 heterocycles. The molecule has 0 aromatic heterocycles. The first-order chi connectivity index (χ1) is 8.24. The molecular formula is C12H21NO5. The minimum absolute atomic E-state index is 0.0589. The molecule has 104 valence electrons. The number of likely N-dealkylation sites (tertiary alicyclic amines) is 1. The third kappa shape index (κ3) is 3.20. The van der Waals surface area contributed by atoms with Crippen molar-refractivity contribution >= 4 is 11.9 Å². The van der Waals surface area contributed by atoms with E-state index >= 15 is 0 Å². The van der Waals surface area contributed by atoms with Crippen LogP contribution in [0.1, 0.15) is 27.2 Å². The van der Waals surface area contributed by atoms with Crippen molar-refractivity contribution in [2.45, 2.75) is 38.6 Å². The standard InChI is InChI=1S/C12H21NO5/c1-11(2,3)18-10(15)13-7-6-12(16-4,17-5)9(14)8-13/h6-8H2,1-5H3. The Kier molecular flexibility index (Phi) is 4.34. The largest absolute Gasteiger partial charge is 0.444 e. The first-order valence-corrected chi connectivity index (χ1v) is 5.85. The van der Waals surface area contributed by atoms with Crippen LogP contribution in [0.4, 0.5) is 4.79 Å². The molecule has 0 aliphatic carbocycles. The number of amides is 1. The highest BCUT2D eigenvalue weighted by Crippen LogP contribution is 2.24. The average Bonchev–Trinajstić information content (AvgIpc) is 2.27. The van der Waals surface area contributed by atoms with E-state index in [1.807, 2.05) is 0 Å². The molecule has 0 spiro atoms. The number of methoxy groups -OCH3 is 2. The second kappa shape index (κ2) is 5.24.